The van der Waals surface area contributed by atoms with Gasteiger partial charge in [0.1, 0.15) is 0 Å². The number of aryl methyl sites for hydroxylation is 4. The van der Waals surface area contributed by atoms with Gasteiger partial charge in [0.15, 0.2) is 0 Å². The van der Waals surface area contributed by atoms with Crippen molar-refractivity contribution in [2.75, 3.05) is 0 Å². The van der Waals surface area contributed by atoms with Gasteiger partial charge in [-0.2, -0.15) is 8.42 Å². The fraction of sp³-hybridized carbons (Fsp3) is 0.226. The molecule has 1 N–H and O–H groups in total. The zero-order valence-electron chi connectivity index (χ0n) is 20.8. The predicted octanol–water partition coefficient (Wildman–Crippen LogP) is 6.94. The van der Waals surface area contributed by atoms with Crippen LogP contribution in [0.1, 0.15) is 55.6 Å². The smallest absolute Gasteiger partial charge is 0.282 e. The Hall–Kier alpha value is -3.21. The Balaban J connectivity index is 1.59. The summed E-state index contributed by atoms with van der Waals surface area (Å²) in [6, 6.07) is 27.1. The fourth-order valence-corrected chi connectivity index (χ4v) is 5.33. The first kappa shape index (κ1) is 24.9. The fourth-order valence-electron chi connectivity index (χ4n) is 4.55. The van der Waals surface area contributed by atoms with Crippen LogP contribution in [0.25, 0.3) is 0 Å². The highest BCUT2D eigenvalue weighted by Gasteiger charge is 2.14. The average molecular weight is 485 g/mol. The Bertz CT molecular complexity index is 1480. The van der Waals surface area contributed by atoms with Crippen molar-refractivity contribution in [2.24, 2.45) is 0 Å². The van der Waals surface area contributed by atoms with Gasteiger partial charge in [0.05, 0.1) is 4.90 Å². The monoisotopic (exact) mass is 484 g/mol. The van der Waals surface area contributed by atoms with E-state index in [1.165, 1.54) is 33.4 Å². The summed E-state index contributed by atoms with van der Waals surface area (Å²) in [4.78, 5) is -0.0232. The predicted molar refractivity (Wildman–Crippen MR) is 143 cm³/mol. The quantitative estimate of drug-likeness (QED) is 0.289. The molecule has 4 rings (SSSR count). The lowest BCUT2D eigenvalue weighted by molar-refractivity contribution is 0.482. The van der Waals surface area contributed by atoms with Gasteiger partial charge in [-0.25, -0.2) is 0 Å². The standard InChI is InChI=1S/C31H32O3S/c1-21-7-5-6-8-28(21)15-25-12-9-22(2)29(16-25)17-26-13-10-23(3)30(18-26)19-27-14-11-24(4)31(20-27)35(32,33)34/h5-14,16,18,20H,15,17,19H2,1-4H3,(H,32,33,34). The number of rotatable bonds is 7. The minimum atomic E-state index is -4.24. The molecule has 35 heavy (non-hydrogen) atoms. The van der Waals surface area contributed by atoms with E-state index < -0.39 is 10.1 Å². The average Bonchev–Trinajstić information content (AvgIpc) is 2.80. The normalized spacial score (nSPS) is 11.6. The van der Waals surface area contributed by atoms with Crippen molar-refractivity contribution >= 4 is 10.1 Å². The number of benzene rings is 4. The van der Waals surface area contributed by atoms with Gasteiger partial charge in [0.25, 0.3) is 10.1 Å². The van der Waals surface area contributed by atoms with Gasteiger partial charge in [-0.1, -0.05) is 72.8 Å². The summed E-state index contributed by atoms with van der Waals surface area (Å²) in [6.45, 7) is 8.08. The summed E-state index contributed by atoms with van der Waals surface area (Å²) in [6.07, 6.45) is 2.36. The summed E-state index contributed by atoms with van der Waals surface area (Å²) in [5, 5.41) is 0. The second-order valence-corrected chi connectivity index (χ2v) is 10.9. The summed E-state index contributed by atoms with van der Waals surface area (Å²) in [5.74, 6) is 0. The Kier molecular flexibility index (Phi) is 7.25. The van der Waals surface area contributed by atoms with E-state index in [0.29, 0.717) is 12.0 Å². The Morgan fingerprint density at radius 2 is 0.971 bits per heavy atom. The van der Waals surface area contributed by atoms with E-state index in [0.717, 1.165) is 29.5 Å². The van der Waals surface area contributed by atoms with Crippen molar-refractivity contribution in [3.05, 3.63) is 134 Å². The van der Waals surface area contributed by atoms with Crippen molar-refractivity contribution in [1.82, 2.24) is 0 Å². The number of hydrogen-bond acceptors (Lipinski definition) is 2. The third-order valence-electron chi connectivity index (χ3n) is 6.80. The molecule has 0 bridgehead atoms. The van der Waals surface area contributed by atoms with Crippen LogP contribution in [-0.4, -0.2) is 13.0 Å². The summed E-state index contributed by atoms with van der Waals surface area (Å²) < 4.78 is 33.0. The molecule has 4 aromatic carbocycles. The van der Waals surface area contributed by atoms with E-state index in [4.69, 9.17) is 0 Å². The lowest BCUT2D eigenvalue weighted by atomic mass is 9.92. The maximum absolute atomic E-state index is 11.7. The molecule has 0 unspecified atom stereocenters. The molecule has 0 saturated heterocycles. The number of hydrogen-bond donors (Lipinski definition) is 1. The zero-order chi connectivity index (χ0) is 25.2. The molecular weight excluding hydrogens is 452 g/mol. The maximum atomic E-state index is 11.7. The van der Waals surface area contributed by atoms with Gasteiger partial charge >= 0.3 is 0 Å². The molecule has 0 amide bonds. The second-order valence-electron chi connectivity index (χ2n) is 9.55. The molecular formula is C31H32O3S. The van der Waals surface area contributed by atoms with Gasteiger partial charge in [-0.3, -0.25) is 4.55 Å². The summed E-state index contributed by atoms with van der Waals surface area (Å²) in [5.41, 5.74) is 11.5. The molecule has 3 nitrogen and oxygen atoms in total. The molecule has 180 valence electrons. The molecule has 0 saturated carbocycles. The SMILES string of the molecule is Cc1ccccc1Cc1ccc(C)c(Cc2ccc(C)c(Cc3ccc(C)c(S(=O)(=O)O)c3)c2)c1. The van der Waals surface area contributed by atoms with E-state index in [2.05, 4.69) is 81.4 Å². The van der Waals surface area contributed by atoms with E-state index in [1.54, 1.807) is 19.1 Å². The third kappa shape index (κ3) is 6.08. The maximum Gasteiger partial charge on any atom is 0.294 e. The molecule has 0 aliphatic carbocycles. The van der Waals surface area contributed by atoms with Crippen LogP contribution in [-0.2, 0) is 29.4 Å². The Morgan fingerprint density at radius 3 is 1.49 bits per heavy atom. The first-order valence-corrected chi connectivity index (χ1v) is 13.3. The lowest BCUT2D eigenvalue weighted by Gasteiger charge is -2.13. The molecule has 0 atom stereocenters. The van der Waals surface area contributed by atoms with Crippen molar-refractivity contribution in [2.45, 2.75) is 51.9 Å². The molecule has 4 heteroatoms. The van der Waals surface area contributed by atoms with Crippen molar-refractivity contribution in [3.8, 4) is 0 Å². The van der Waals surface area contributed by atoms with E-state index in [-0.39, 0.29) is 4.90 Å². The van der Waals surface area contributed by atoms with Gasteiger partial charge in [-0.05, 0) is 109 Å². The lowest BCUT2D eigenvalue weighted by Crippen LogP contribution is -2.03. The highest BCUT2D eigenvalue weighted by molar-refractivity contribution is 7.85. The molecule has 0 fully saturated rings. The van der Waals surface area contributed by atoms with Gasteiger partial charge in [0.2, 0.25) is 0 Å². The van der Waals surface area contributed by atoms with Crippen LogP contribution in [0.2, 0.25) is 0 Å². The first-order chi connectivity index (χ1) is 16.6. The third-order valence-corrected chi connectivity index (χ3v) is 7.80. The van der Waals surface area contributed by atoms with E-state index >= 15 is 0 Å². The zero-order valence-corrected chi connectivity index (χ0v) is 21.6. The highest BCUT2D eigenvalue weighted by Crippen LogP contribution is 2.24. The summed E-state index contributed by atoms with van der Waals surface area (Å²) in [7, 11) is -4.24. The minimum absolute atomic E-state index is 0.0232. The van der Waals surface area contributed by atoms with Gasteiger partial charge in [0, 0.05) is 0 Å². The molecule has 0 aliphatic heterocycles. The van der Waals surface area contributed by atoms with Crippen molar-refractivity contribution in [1.29, 1.82) is 0 Å². The topological polar surface area (TPSA) is 54.4 Å². The van der Waals surface area contributed by atoms with Crippen molar-refractivity contribution < 1.29 is 13.0 Å². The van der Waals surface area contributed by atoms with Crippen LogP contribution in [0.15, 0.2) is 83.8 Å². The van der Waals surface area contributed by atoms with Gasteiger partial charge in [-0.15, -0.1) is 0 Å². The minimum Gasteiger partial charge on any atom is -0.282 e. The molecule has 0 spiro atoms. The molecule has 0 aromatic heterocycles. The Morgan fingerprint density at radius 1 is 0.543 bits per heavy atom. The first-order valence-electron chi connectivity index (χ1n) is 11.9. The second kappa shape index (κ2) is 10.2. The van der Waals surface area contributed by atoms with Crippen molar-refractivity contribution in [3.63, 3.8) is 0 Å². The highest BCUT2D eigenvalue weighted by atomic mass is 32.2. The Labute approximate surface area is 209 Å². The molecule has 0 heterocycles. The van der Waals surface area contributed by atoms with Crippen LogP contribution in [0.4, 0.5) is 0 Å². The van der Waals surface area contributed by atoms with Crippen LogP contribution >= 0.6 is 0 Å². The van der Waals surface area contributed by atoms with Crippen LogP contribution in [0, 0.1) is 27.7 Å². The summed E-state index contributed by atoms with van der Waals surface area (Å²) >= 11 is 0. The molecule has 0 aliphatic rings. The van der Waals surface area contributed by atoms with E-state index in [9.17, 15) is 13.0 Å². The van der Waals surface area contributed by atoms with Crippen LogP contribution < -0.4 is 0 Å². The van der Waals surface area contributed by atoms with Gasteiger partial charge < -0.3 is 0 Å². The van der Waals surface area contributed by atoms with E-state index in [1.807, 2.05) is 6.07 Å². The van der Waals surface area contributed by atoms with Crippen LogP contribution in [0.5, 0.6) is 0 Å². The molecule has 4 aromatic rings. The largest absolute Gasteiger partial charge is 0.294 e. The van der Waals surface area contributed by atoms with Crippen LogP contribution in [0.3, 0.4) is 0 Å². The molecule has 0 radical (unpaired) electrons.